The lowest BCUT2D eigenvalue weighted by molar-refractivity contribution is -0.113. The van der Waals surface area contributed by atoms with Gasteiger partial charge < -0.3 is 0 Å². The maximum absolute atomic E-state index is 9.88. The van der Waals surface area contributed by atoms with Gasteiger partial charge in [0, 0.05) is 6.42 Å². The van der Waals surface area contributed by atoms with Gasteiger partial charge in [0.15, 0.2) is 0 Å². The Balaban J connectivity index is 3.33. The first kappa shape index (κ1) is 5.23. The van der Waals surface area contributed by atoms with Crippen LogP contribution in [-0.2, 0) is 4.79 Å². The maximum atomic E-state index is 9.88. The number of carbonyl (C=O) groups is 1. The number of ketones is 1. The van der Waals surface area contributed by atoms with Gasteiger partial charge in [-0.25, -0.2) is 0 Å². The Kier molecular flexibility index (Phi) is 2.15. The van der Waals surface area contributed by atoms with Crippen LogP contribution in [-0.4, -0.2) is 5.78 Å². The van der Waals surface area contributed by atoms with Crippen molar-refractivity contribution in [2.75, 3.05) is 0 Å². The van der Waals surface area contributed by atoms with E-state index >= 15 is 0 Å². The Hall–Kier alpha value is -0.770. The highest BCUT2D eigenvalue weighted by atomic mass is 16.1. The smallest absolute Gasteiger partial charge is 0.206 e. The van der Waals surface area contributed by atoms with Crippen LogP contribution >= 0.6 is 0 Å². The van der Waals surface area contributed by atoms with Crippen molar-refractivity contribution >= 4 is 5.78 Å². The highest BCUT2D eigenvalue weighted by Gasteiger charge is 1.83. The Morgan fingerprint density at radius 3 is 2.50 bits per heavy atom. The SMILES string of the molecule is [C]#CC(=O)CC. The van der Waals surface area contributed by atoms with Gasteiger partial charge in [0.25, 0.3) is 0 Å². The van der Waals surface area contributed by atoms with Crippen LogP contribution in [0.15, 0.2) is 0 Å². The molecule has 0 heterocycles. The summed E-state index contributed by atoms with van der Waals surface area (Å²) in [6.07, 6.45) is 6.60. The lowest BCUT2D eigenvalue weighted by atomic mass is 10.3. The second-order valence-corrected chi connectivity index (χ2v) is 0.902. The van der Waals surface area contributed by atoms with Crippen LogP contribution in [0, 0.1) is 12.3 Å². The molecular weight excluding hydrogens is 76.1 g/mol. The molecule has 1 heteroatoms. The van der Waals surface area contributed by atoms with Crippen molar-refractivity contribution < 1.29 is 4.79 Å². The Morgan fingerprint density at radius 2 is 2.50 bits per heavy atom. The molecule has 0 N–H and O–H groups in total. The van der Waals surface area contributed by atoms with Crippen LogP contribution < -0.4 is 0 Å². The molecule has 6 heavy (non-hydrogen) atoms. The first-order chi connectivity index (χ1) is 2.81. The Morgan fingerprint density at radius 1 is 2.00 bits per heavy atom. The van der Waals surface area contributed by atoms with Crippen molar-refractivity contribution in [3.05, 3.63) is 6.42 Å². The van der Waals surface area contributed by atoms with Gasteiger partial charge in [0.1, 0.15) is 0 Å². The molecule has 0 aromatic rings. The molecule has 0 saturated carbocycles. The predicted octanol–water partition coefficient (Wildman–Crippen LogP) is 0.555. The van der Waals surface area contributed by atoms with Crippen LogP contribution in [0.25, 0.3) is 0 Å². The molecule has 0 aromatic carbocycles. The Labute approximate surface area is 37.4 Å². The third-order valence-corrected chi connectivity index (χ3v) is 0.461. The fraction of sp³-hybridized carbons (Fsp3) is 0.400. The molecule has 1 radical (unpaired) electrons. The molecule has 0 bridgehead atoms. The largest absolute Gasteiger partial charge is 0.285 e. The van der Waals surface area contributed by atoms with Crippen molar-refractivity contribution in [3.63, 3.8) is 0 Å². The summed E-state index contributed by atoms with van der Waals surface area (Å²) in [6.45, 7) is 1.70. The molecule has 0 unspecified atom stereocenters. The van der Waals surface area contributed by atoms with Gasteiger partial charge in [-0.1, -0.05) is 6.92 Å². The summed E-state index contributed by atoms with van der Waals surface area (Å²) in [7, 11) is 0. The molecule has 1 nitrogen and oxygen atoms in total. The molecule has 0 aromatic heterocycles. The summed E-state index contributed by atoms with van der Waals surface area (Å²) in [4.78, 5) is 9.88. The molecule has 31 valence electrons. The summed E-state index contributed by atoms with van der Waals surface area (Å²) in [5, 5.41) is 0. The van der Waals surface area contributed by atoms with E-state index in [1.54, 1.807) is 12.8 Å². The van der Waals surface area contributed by atoms with E-state index in [-0.39, 0.29) is 5.78 Å². The average molecular weight is 81.1 g/mol. The van der Waals surface area contributed by atoms with Crippen molar-refractivity contribution in [1.29, 1.82) is 0 Å². The van der Waals surface area contributed by atoms with E-state index < -0.39 is 0 Å². The summed E-state index contributed by atoms with van der Waals surface area (Å²) < 4.78 is 0. The normalized spacial score (nSPS) is 6.67. The third kappa shape index (κ3) is 1.54. The summed E-state index contributed by atoms with van der Waals surface area (Å²) in [6, 6.07) is 0. The van der Waals surface area contributed by atoms with Crippen LogP contribution in [0.1, 0.15) is 13.3 Å². The lowest BCUT2D eigenvalue weighted by Gasteiger charge is -1.71. The van der Waals surface area contributed by atoms with E-state index in [4.69, 9.17) is 6.42 Å². The molecule has 0 atom stereocenters. The zero-order valence-corrected chi connectivity index (χ0v) is 3.62. The van der Waals surface area contributed by atoms with E-state index in [1.807, 2.05) is 0 Å². The van der Waals surface area contributed by atoms with E-state index in [0.29, 0.717) is 6.42 Å². The summed E-state index contributed by atoms with van der Waals surface area (Å²) >= 11 is 0. The van der Waals surface area contributed by atoms with Crippen molar-refractivity contribution in [3.8, 4) is 5.92 Å². The zero-order valence-electron chi connectivity index (χ0n) is 3.62. The zero-order chi connectivity index (χ0) is 4.99. The van der Waals surface area contributed by atoms with E-state index in [9.17, 15) is 4.79 Å². The van der Waals surface area contributed by atoms with Gasteiger partial charge in [-0.05, 0) is 12.3 Å². The third-order valence-electron chi connectivity index (χ3n) is 0.461. The van der Waals surface area contributed by atoms with Crippen LogP contribution in [0.2, 0.25) is 0 Å². The number of hydrogen-bond donors (Lipinski definition) is 0. The highest BCUT2D eigenvalue weighted by molar-refractivity contribution is 5.93. The Bertz CT molecular complexity index is 86.6. The molecule has 0 rings (SSSR count). The van der Waals surface area contributed by atoms with Gasteiger partial charge in [-0.15, -0.1) is 0 Å². The van der Waals surface area contributed by atoms with Crippen LogP contribution in [0.4, 0.5) is 0 Å². The van der Waals surface area contributed by atoms with Crippen molar-refractivity contribution in [2.24, 2.45) is 0 Å². The minimum atomic E-state index is -0.241. The molecular formula is C5H5O. The second kappa shape index (κ2) is 2.47. The first-order valence-corrected chi connectivity index (χ1v) is 1.76. The summed E-state index contributed by atoms with van der Waals surface area (Å²) in [5.41, 5.74) is 0. The van der Waals surface area contributed by atoms with E-state index in [1.165, 1.54) is 0 Å². The lowest BCUT2D eigenvalue weighted by Crippen LogP contribution is -1.84. The number of Topliss-reactive ketones (excluding diaryl/α,β-unsaturated/α-hetero) is 1. The van der Waals surface area contributed by atoms with Gasteiger partial charge in [0.2, 0.25) is 5.78 Å². The van der Waals surface area contributed by atoms with Gasteiger partial charge in [-0.3, -0.25) is 4.79 Å². The van der Waals surface area contributed by atoms with E-state index in [2.05, 4.69) is 0 Å². The quantitative estimate of drug-likeness (QED) is 0.421. The minimum absolute atomic E-state index is 0.241. The number of carbonyl (C=O) groups excluding carboxylic acids is 1. The van der Waals surface area contributed by atoms with Crippen LogP contribution in [0.3, 0.4) is 0 Å². The summed E-state index contributed by atoms with van der Waals surface area (Å²) in [5.74, 6) is 1.48. The average Bonchev–Trinajstić information content (AvgIpc) is 1.65. The molecule has 0 amide bonds. The molecule has 0 aliphatic carbocycles. The van der Waals surface area contributed by atoms with Crippen molar-refractivity contribution in [1.82, 2.24) is 0 Å². The van der Waals surface area contributed by atoms with Crippen molar-refractivity contribution in [2.45, 2.75) is 13.3 Å². The predicted molar refractivity (Wildman–Crippen MR) is 22.4 cm³/mol. The van der Waals surface area contributed by atoms with Gasteiger partial charge in [0.05, 0.1) is 0 Å². The van der Waals surface area contributed by atoms with E-state index in [0.717, 1.165) is 0 Å². The molecule has 0 aliphatic rings. The monoisotopic (exact) mass is 81.0 g/mol. The molecule has 0 saturated heterocycles. The minimum Gasteiger partial charge on any atom is -0.285 e. The maximum Gasteiger partial charge on any atom is 0.206 e. The molecule has 0 spiro atoms. The topological polar surface area (TPSA) is 17.1 Å². The highest BCUT2D eigenvalue weighted by Crippen LogP contribution is 1.72. The number of rotatable bonds is 1. The second-order valence-electron chi connectivity index (χ2n) is 0.902. The fourth-order valence-corrected chi connectivity index (χ4v) is 0.0884. The molecule has 0 aliphatic heterocycles. The first-order valence-electron chi connectivity index (χ1n) is 1.76. The van der Waals surface area contributed by atoms with Gasteiger partial charge in [-0.2, -0.15) is 0 Å². The molecule has 0 fully saturated rings. The fourth-order valence-electron chi connectivity index (χ4n) is 0.0884. The standard InChI is InChI=1S/C5H5O/c1-3-5(6)4-2/h3H2,1H3. The number of hydrogen-bond acceptors (Lipinski definition) is 1. The van der Waals surface area contributed by atoms with Crippen LogP contribution in [0.5, 0.6) is 0 Å². The van der Waals surface area contributed by atoms with Gasteiger partial charge >= 0.3 is 0 Å².